The van der Waals surface area contributed by atoms with E-state index >= 15 is 0 Å². The lowest BCUT2D eigenvalue weighted by atomic mass is 10.2. The van der Waals surface area contributed by atoms with Gasteiger partial charge in [0.25, 0.3) is 11.8 Å². The van der Waals surface area contributed by atoms with E-state index in [1.165, 1.54) is 20.4 Å². The van der Waals surface area contributed by atoms with Gasteiger partial charge in [-0.2, -0.15) is 5.10 Å². The van der Waals surface area contributed by atoms with E-state index in [0.29, 0.717) is 46.4 Å². The molecule has 3 rings (SSSR count). The maximum Gasteiger partial charge on any atom is 0.271 e. The third kappa shape index (κ3) is 7.99. The molecular formula is C28H31N3O6. The highest BCUT2D eigenvalue weighted by Crippen LogP contribution is 2.29. The molecule has 0 fully saturated rings. The number of anilines is 1. The molecule has 3 aromatic carbocycles. The van der Waals surface area contributed by atoms with E-state index in [1.54, 1.807) is 36.4 Å². The summed E-state index contributed by atoms with van der Waals surface area (Å²) in [5.74, 6) is 1.18. The number of hydrogen-bond donors (Lipinski definition) is 2. The highest BCUT2D eigenvalue weighted by atomic mass is 16.5. The molecule has 0 aromatic heterocycles. The molecule has 194 valence electrons. The zero-order valence-corrected chi connectivity index (χ0v) is 21.4. The number of hydrazone groups is 1. The van der Waals surface area contributed by atoms with Crippen molar-refractivity contribution < 1.29 is 28.5 Å². The van der Waals surface area contributed by atoms with Crippen molar-refractivity contribution >= 4 is 23.7 Å². The van der Waals surface area contributed by atoms with Gasteiger partial charge in [0.05, 0.1) is 27.0 Å². The molecule has 0 radical (unpaired) electrons. The van der Waals surface area contributed by atoms with Crippen LogP contribution in [0.25, 0.3) is 0 Å². The molecule has 0 aliphatic carbocycles. The van der Waals surface area contributed by atoms with Crippen LogP contribution in [0.5, 0.6) is 23.0 Å². The Morgan fingerprint density at radius 2 is 1.54 bits per heavy atom. The maximum absolute atomic E-state index is 12.5. The van der Waals surface area contributed by atoms with Crippen LogP contribution in [-0.4, -0.2) is 45.5 Å². The molecule has 37 heavy (non-hydrogen) atoms. The summed E-state index contributed by atoms with van der Waals surface area (Å²) >= 11 is 0. The molecule has 0 saturated carbocycles. The van der Waals surface area contributed by atoms with Crippen LogP contribution in [0.4, 0.5) is 5.69 Å². The first-order valence-corrected chi connectivity index (χ1v) is 11.7. The number of carbonyl (C=O) groups is 2. The van der Waals surface area contributed by atoms with Crippen LogP contribution in [0.1, 0.15) is 34.8 Å². The third-order valence-electron chi connectivity index (χ3n) is 5.15. The first kappa shape index (κ1) is 27.1. The SMILES string of the molecule is CCCOc1ccc(C(=O)N/N=C/c2ccc(OCC(=O)Nc3ccc(C)cc3)c(OC)c2)cc1OC. The Balaban J connectivity index is 1.57. The topological polar surface area (TPSA) is 107 Å². The van der Waals surface area contributed by atoms with Gasteiger partial charge in [-0.15, -0.1) is 0 Å². The zero-order valence-electron chi connectivity index (χ0n) is 21.4. The third-order valence-corrected chi connectivity index (χ3v) is 5.15. The fraction of sp³-hybridized carbons (Fsp3) is 0.250. The molecule has 0 saturated heterocycles. The summed E-state index contributed by atoms with van der Waals surface area (Å²) in [7, 11) is 3.02. The number of nitrogens with one attached hydrogen (secondary N) is 2. The Kier molecular flexibility index (Phi) is 9.90. The van der Waals surface area contributed by atoms with Gasteiger partial charge in [-0.05, 0) is 67.4 Å². The summed E-state index contributed by atoms with van der Waals surface area (Å²) in [5.41, 5.74) is 5.33. The monoisotopic (exact) mass is 505 g/mol. The van der Waals surface area contributed by atoms with Crippen molar-refractivity contribution in [1.29, 1.82) is 0 Å². The van der Waals surface area contributed by atoms with Crippen molar-refractivity contribution in [3.8, 4) is 23.0 Å². The van der Waals surface area contributed by atoms with Gasteiger partial charge in [-0.3, -0.25) is 9.59 Å². The normalized spacial score (nSPS) is 10.6. The predicted octanol–water partition coefficient (Wildman–Crippen LogP) is 4.58. The number of amides is 2. The number of methoxy groups -OCH3 is 2. The minimum Gasteiger partial charge on any atom is -0.493 e. The van der Waals surface area contributed by atoms with Crippen molar-refractivity contribution in [2.75, 3.05) is 32.8 Å². The molecule has 2 N–H and O–H groups in total. The summed E-state index contributed by atoms with van der Waals surface area (Å²) < 4.78 is 21.9. The molecule has 9 nitrogen and oxygen atoms in total. The van der Waals surface area contributed by atoms with Crippen molar-refractivity contribution in [1.82, 2.24) is 5.43 Å². The molecule has 0 unspecified atom stereocenters. The molecule has 0 aliphatic rings. The number of hydrogen-bond acceptors (Lipinski definition) is 7. The number of rotatable bonds is 12. The summed E-state index contributed by atoms with van der Waals surface area (Å²) in [6, 6.07) is 17.5. The molecule has 0 heterocycles. The summed E-state index contributed by atoms with van der Waals surface area (Å²) in [6.07, 6.45) is 2.34. The average molecular weight is 506 g/mol. The van der Waals surface area contributed by atoms with Crippen LogP contribution < -0.4 is 29.7 Å². The van der Waals surface area contributed by atoms with Gasteiger partial charge < -0.3 is 24.3 Å². The smallest absolute Gasteiger partial charge is 0.271 e. The highest BCUT2D eigenvalue weighted by Gasteiger charge is 2.12. The van der Waals surface area contributed by atoms with Crippen LogP contribution in [0.2, 0.25) is 0 Å². The van der Waals surface area contributed by atoms with Crippen molar-refractivity contribution in [3.05, 3.63) is 77.4 Å². The van der Waals surface area contributed by atoms with Gasteiger partial charge in [0.15, 0.2) is 29.6 Å². The minimum atomic E-state index is -0.400. The van der Waals surface area contributed by atoms with E-state index < -0.39 is 5.91 Å². The van der Waals surface area contributed by atoms with Gasteiger partial charge in [0, 0.05) is 11.3 Å². The Hall–Kier alpha value is -4.53. The van der Waals surface area contributed by atoms with Crippen molar-refractivity contribution in [2.24, 2.45) is 5.10 Å². The van der Waals surface area contributed by atoms with Crippen molar-refractivity contribution in [3.63, 3.8) is 0 Å². The lowest BCUT2D eigenvalue weighted by Gasteiger charge is -2.12. The average Bonchev–Trinajstić information content (AvgIpc) is 2.92. The fourth-order valence-electron chi connectivity index (χ4n) is 3.23. The molecule has 0 spiro atoms. The molecule has 0 atom stereocenters. The van der Waals surface area contributed by atoms with E-state index in [1.807, 2.05) is 38.1 Å². The van der Waals surface area contributed by atoms with Gasteiger partial charge in [0.2, 0.25) is 0 Å². The lowest BCUT2D eigenvalue weighted by molar-refractivity contribution is -0.118. The molecule has 0 aliphatic heterocycles. The number of ether oxygens (including phenoxy) is 4. The molecule has 3 aromatic rings. The van der Waals surface area contributed by atoms with Gasteiger partial charge in [0.1, 0.15) is 0 Å². The number of carbonyl (C=O) groups excluding carboxylic acids is 2. The Labute approximate surface area is 216 Å². The van der Waals surface area contributed by atoms with E-state index in [-0.39, 0.29) is 12.5 Å². The Bertz CT molecular complexity index is 1240. The van der Waals surface area contributed by atoms with E-state index in [4.69, 9.17) is 18.9 Å². The number of nitrogens with zero attached hydrogens (tertiary/aromatic N) is 1. The molecule has 2 amide bonds. The Morgan fingerprint density at radius 1 is 0.865 bits per heavy atom. The fourth-order valence-corrected chi connectivity index (χ4v) is 3.23. The molecule has 9 heteroatoms. The quantitative estimate of drug-likeness (QED) is 0.276. The van der Waals surface area contributed by atoms with E-state index in [0.717, 1.165) is 12.0 Å². The first-order chi connectivity index (χ1) is 17.9. The Morgan fingerprint density at radius 3 is 2.24 bits per heavy atom. The van der Waals surface area contributed by atoms with E-state index in [9.17, 15) is 9.59 Å². The van der Waals surface area contributed by atoms with Crippen LogP contribution in [0.3, 0.4) is 0 Å². The minimum absolute atomic E-state index is 0.181. The predicted molar refractivity (Wildman–Crippen MR) is 142 cm³/mol. The summed E-state index contributed by atoms with van der Waals surface area (Å²) in [5, 5.41) is 6.80. The molecular weight excluding hydrogens is 474 g/mol. The highest BCUT2D eigenvalue weighted by molar-refractivity contribution is 5.95. The largest absolute Gasteiger partial charge is 0.493 e. The second-order valence-electron chi connectivity index (χ2n) is 8.03. The van der Waals surface area contributed by atoms with Gasteiger partial charge in [-0.1, -0.05) is 24.6 Å². The van der Waals surface area contributed by atoms with E-state index in [2.05, 4.69) is 15.8 Å². The zero-order chi connectivity index (χ0) is 26.6. The summed E-state index contributed by atoms with van der Waals surface area (Å²) in [4.78, 5) is 24.7. The van der Waals surface area contributed by atoms with Crippen molar-refractivity contribution in [2.45, 2.75) is 20.3 Å². The first-order valence-electron chi connectivity index (χ1n) is 11.7. The lowest BCUT2D eigenvalue weighted by Crippen LogP contribution is -2.20. The summed E-state index contributed by atoms with van der Waals surface area (Å²) in [6.45, 7) is 4.36. The standard InChI is InChI=1S/C28H31N3O6/c1-5-14-36-23-13-9-21(16-26(23)35-4)28(33)31-29-17-20-8-12-24(25(15-20)34-3)37-18-27(32)30-22-10-6-19(2)7-11-22/h6-13,15-17H,5,14,18H2,1-4H3,(H,30,32)(H,31,33)/b29-17+. The maximum atomic E-state index is 12.5. The van der Waals surface area contributed by atoms with Crippen LogP contribution in [-0.2, 0) is 4.79 Å². The van der Waals surface area contributed by atoms with Gasteiger partial charge >= 0.3 is 0 Å². The number of benzene rings is 3. The molecule has 0 bridgehead atoms. The number of aryl methyl sites for hydroxylation is 1. The van der Waals surface area contributed by atoms with Gasteiger partial charge in [-0.25, -0.2) is 5.43 Å². The second-order valence-corrected chi connectivity index (χ2v) is 8.03. The second kappa shape index (κ2) is 13.5. The van der Waals surface area contributed by atoms with Crippen LogP contribution in [0.15, 0.2) is 65.8 Å². The van der Waals surface area contributed by atoms with Crippen LogP contribution in [0, 0.1) is 6.92 Å². The van der Waals surface area contributed by atoms with Crippen LogP contribution >= 0.6 is 0 Å².